The Morgan fingerprint density at radius 1 is 0.905 bits per heavy atom. The topological polar surface area (TPSA) is 0 Å². The van der Waals surface area contributed by atoms with Gasteiger partial charge in [0.1, 0.15) is 0 Å². The molecule has 0 heterocycles. The van der Waals surface area contributed by atoms with Gasteiger partial charge in [0.15, 0.2) is 0 Å². The molecule has 2 aromatic rings. The van der Waals surface area contributed by atoms with Crippen molar-refractivity contribution in [2.24, 2.45) is 5.92 Å². The van der Waals surface area contributed by atoms with Crippen LogP contribution in [0.15, 0.2) is 54.6 Å². The second-order valence-electron chi connectivity index (χ2n) is 5.50. The molecule has 0 saturated carbocycles. The van der Waals surface area contributed by atoms with Gasteiger partial charge in [0, 0.05) is 0 Å². The second-order valence-corrected chi connectivity index (χ2v) is 6.83. The molecule has 2 aliphatic carbocycles. The summed E-state index contributed by atoms with van der Waals surface area (Å²) in [6.07, 6.45) is 7.36. The number of allylic oxidation sites excluding steroid dienone is 2. The van der Waals surface area contributed by atoms with E-state index in [1.165, 1.54) is 52.0 Å². The Kier molecular flexibility index (Phi) is 5.52. The van der Waals surface area contributed by atoms with Crippen LogP contribution in [0.1, 0.15) is 29.9 Å². The first kappa shape index (κ1) is 17.0. The molecule has 4 rings (SSSR count). The maximum absolute atomic E-state index is 2.44. The number of rotatable bonds is 1. The molecule has 105 valence electrons. The zero-order chi connectivity index (χ0) is 12.8. The van der Waals surface area contributed by atoms with Crippen molar-refractivity contribution in [3.8, 4) is 11.1 Å². The summed E-state index contributed by atoms with van der Waals surface area (Å²) in [6, 6.07) is 15.8. The van der Waals surface area contributed by atoms with Gasteiger partial charge < -0.3 is 24.8 Å². The van der Waals surface area contributed by atoms with Crippen LogP contribution >= 0.6 is 0 Å². The van der Waals surface area contributed by atoms with E-state index in [0.717, 1.165) is 0 Å². The predicted molar refractivity (Wildman–Crippen MR) is 75.2 cm³/mol. The van der Waals surface area contributed by atoms with E-state index in [-0.39, 0.29) is 24.8 Å². The van der Waals surface area contributed by atoms with Crippen molar-refractivity contribution in [2.75, 3.05) is 0 Å². The fraction of sp³-hybridized carbons (Fsp3) is 0.222. The Hall–Kier alpha value is -0.357. The first-order valence-corrected chi connectivity index (χ1v) is 8.19. The molecule has 0 bridgehead atoms. The summed E-state index contributed by atoms with van der Waals surface area (Å²) in [6.45, 7) is 0. The molecule has 0 radical (unpaired) electrons. The minimum atomic E-state index is 0. The SMILES string of the molecule is [Cl-].[Cl-].[Zr+2][c]1cccc2c1C(C1C=CCC1)c1ccccc1-2. The Labute approximate surface area is 153 Å². The van der Waals surface area contributed by atoms with Crippen LogP contribution in [0.2, 0.25) is 0 Å². The number of halogens is 2. The second kappa shape index (κ2) is 6.82. The minimum absolute atomic E-state index is 0. The first-order chi connectivity index (χ1) is 9.36. The molecule has 0 amide bonds. The summed E-state index contributed by atoms with van der Waals surface area (Å²) in [5, 5.41) is 0. The van der Waals surface area contributed by atoms with Gasteiger partial charge in [-0.25, -0.2) is 0 Å². The van der Waals surface area contributed by atoms with Gasteiger partial charge in [0.2, 0.25) is 0 Å². The van der Waals surface area contributed by atoms with Crippen LogP contribution in [0.4, 0.5) is 0 Å². The quantitative estimate of drug-likeness (QED) is 0.490. The van der Waals surface area contributed by atoms with E-state index >= 15 is 0 Å². The Morgan fingerprint density at radius 2 is 1.67 bits per heavy atom. The molecular weight excluding hydrogens is 378 g/mol. The van der Waals surface area contributed by atoms with Gasteiger partial charge >= 0.3 is 130 Å². The Morgan fingerprint density at radius 3 is 2.43 bits per heavy atom. The van der Waals surface area contributed by atoms with Gasteiger partial charge in [-0.2, -0.15) is 0 Å². The molecule has 2 atom stereocenters. The fourth-order valence-electron chi connectivity index (χ4n) is 3.68. The fourth-order valence-corrected chi connectivity index (χ4v) is 4.63. The van der Waals surface area contributed by atoms with E-state index in [0.29, 0.717) is 11.8 Å². The van der Waals surface area contributed by atoms with E-state index in [1.54, 1.807) is 11.1 Å². The van der Waals surface area contributed by atoms with Gasteiger partial charge in [0.25, 0.3) is 0 Å². The molecule has 21 heavy (non-hydrogen) atoms. The van der Waals surface area contributed by atoms with Gasteiger partial charge in [0.05, 0.1) is 0 Å². The number of hydrogen-bond donors (Lipinski definition) is 0. The third kappa shape index (κ3) is 2.69. The zero-order valence-electron chi connectivity index (χ0n) is 11.5. The van der Waals surface area contributed by atoms with Gasteiger partial charge in [-0.1, -0.05) is 0 Å². The summed E-state index contributed by atoms with van der Waals surface area (Å²) in [4.78, 5) is 0. The van der Waals surface area contributed by atoms with E-state index in [2.05, 4.69) is 54.6 Å². The van der Waals surface area contributed by atoms with Crippen molar-refractivity contribution in [2.45, 2.75) is 18.8 Å². The van der Waals surface area contributed by atoms with Crippen LogP contribution in [0.3, 0.4) is 0 Å². The normalized spacial score (nSPS) is 21.2. The summed E-state index contributed by atoms with van der Waals surface area (Å²) in [5.74, 6) is 1.30. The van der Waals surface area contributed by atoms with Gasteiger partial charge in [-0.3, -0.25) is 0 Å². The molecule has 0 fully saturated rings. The van der Waals surface area contributed by atoms with E-state index < -0.39 is 0 Å². The van der Waals surface area contributed by atoms with Crippen molar-refractivity contribution >= 4 is 3.27 Å². The van der Waals surface area contributed by atoms with Crippen LogP contribution < -0.4 is 28.1 Å². The molecule has 0 aromatic heterocycles. The summed E-state index contributed by atoms with van der Waals surface area (Å²) in [5.41, 5.74) is 6.10. The third-order valence-corrected chi connectivity index (χ3v) is 5.55. The molecule has 3 heteroatoms. The predicted octanol–water partition coefficient (Wildman–Crippen LogP) is -2.05. The van der Waals surface area contributed by atoms with Crippen molar-refractivity contribution < 1.29 is 49.5 Å². The Bertz CT molecular complexity index is 679. The molecule has 0 nitrogen and oxygen atoms in total. The van der Waals surface area contributed by atoms with Crippen LogP contribution in [-0.2, 0) is 24.7 Å². The van der Waals surface area contributed by atoms with Crippen molar-refractivity contribution in [3.05, 3.63) is 65.7 Å². The monoisotopic (exact) mass is 391 g/mol. The molecule has 0 N–H and O–H groups in total. The molecule has 2 aromatic carbocycles. The van der Waals surface area contributed by atoms with E-state index in [9.17, 15) is 0 Å². The van der Waals surface area contributed by atoms with Crippen molar-refractivity contribution in [1.29, 1.82) is 0 Å². The van der Waals surface area contributed by atoms with Crippen molar-refractivity contribution in [3.63, 3.8) is 0 Å². The first-order valence-electron chi connectivity index (χ1n) is 6.97. The van der Waals surface area contributed by atoms with Gasteiger partial charge in [-0.05, 0) is 0 Å². The average molecular weight is 393 g/mol. The Balaban J connectivity index is 0.000000807. The zero-order valence-corrected chi connectivity index (χ0v) is 15.5. The van der Waals surface area contributed by atoms with Crippen LogP contribution in [-0.4, -0.2) is 0 Å². The van der Waals surface area contributed by atoms with Crippen LogP contribution in [0.25, 0.3) is 11.1 Å². The molecule has 0 aliphatic heterocycles. The molecular formula is C18H15Cl2Zr. The third-order valence-electron chi connectivity index (χ3n) is 4.48. The van der Waals surface area contributed by atoms with E-state index in [1.807, 2.05) is 0 Å². The average Bonchev–Trinajstić information content (AvgIpc) is 3.04. The molecule has 2 unspecified atom stereocenters. The molecule has 0 spiro atoms. The number of hydrogen-bond acceptors (Lipinski definition) is 0. The van der Waals surface area contributed by atoms with Crippen molar-refractivity contribution in [1.82, 2.24) is 0 Å². The standard InChI is InChI=1S/C18H15.2ClH.Zr/c1-2-8-13(7-1)18-16-11-5-3-9-14(16)15-10-4-6-12-17(15)18;;;/h1,3-7,9-11,13,18H,2,8H2;2*1H;/q;;;+2/p-2. The van der Waals surface area contributed by atoms with Crippen LogP contribution in [0.5, 0.6) is 0 Å². The maximum atomic E-state index is 2.44. The van der Waals surface area contributed by atoms with Crippen LogP contribution in [0, 0.1) is 5.92 Å². The van der Waals surface area contributed by atoms with E-state index in [4.69, 9.17) is 0 Å². The molecule has 2 aliphatic rings. The summed E-state index contributed by atoms with van der Waals surface area (Å²) < 4.78 is 1.53. The number of benzene rings is 2. The van der Waals surface area contributed by atoms with Gasteiger partial charge in [-0.15, -0.1) is 0 Å². The summed E-state index contributed by atoms with van der Waals surface area (Å²) >= 11 is 1.54. The summed E-state index contributed by atoms with van der Waals surface area (Å²) in [7, 11) is 0. The molecule has 0 saturated heterocycles. The number of fused-ring (bicyclic) bond motifs is 3.